The van der Waals surface area contributed by atoms with Crippen LogP contribution in [-0.4, -0.2) is 49.1 Å². The Labute approximate surface area is 180 Å². The van der Waals surface area contributed by atoms with Crippen LogP contribution in [0.25, 0.3) is 16.9 Å². The molecular weight excluding hydrogens is 392 g/mol. The number of piperidine rings is 1. The molecule has 1 aliphatic heterocycles. The highest BCUT2D eigenvalue weighted by atomic mass is 16.5. The van der Waals surface area contributed by atoms with Gasteiger partial charge in [-0.05, 0) is 56.5 Å². The molecule has 0 radical (unpaired) electrons. The molecule has 5 rings (SSSR count). The maximum atomic E-state index is 5.91. The van der Waals surface area contributed by atoms with Gasteiger partial charge < -0.3 is 19.5 Å². The molecule has 3 aromatic heterocycles. The summed E-state index contributed by atoms with van der Waals surface area (Å²) in [6.07, 6.45) is 7.30. The lowest BCUT2D eigenvalue weighted by atomic mass is 10.1. The molecule has 4 heterocycles. The third kappa shape index (κ3) is 3.78. The molecule has 9 nitrogen and oxygen atoms in total. The van der Waals surface area contributed by atoms with Gasteiger partial charge in [-0.25, -0.2) is 4.52 Å². The zero-order valence-corrected chi connectivity index (χ0v) is 17.8. The van der Waals surface area contributed by atoms with Crippen molar-refractivity contribution >= 4 is 23.0 Å². The molecule has 0 spiro atoms. The Hall–Kier alpha value is -3.62. The van der Waals surface area contributed by atoms with Crippen LogP contribution in [0.3, 0.4) is 0 Å². The topological polar surface area (TPSA) is 85.4 Å². The minimum absolute atomic E-state index is 0.539. The van der Waals surface area contributed by atoms with Crippen molar-refractivity contribution in [1.29, 1.82) is 0 Å². The summed E-state index contributed by atoms with van der Waals surface area (Å²) >= 11 is 0. The van der Waals surface area contributed by atoms with Gasteiger partial charge in [0.15, 0.2) is 11.6 Å². The molecule has 1 aromatic carbocycles. The summed E-state index contributed by atoms with van der Waals surface area (Å²) in [6, 6.07) is 10.0. The van der Waals surface area contributed by atoms with Gasteiger partial charge in [-0.1, -0.05) is 0 Å². The number of ether oxygens (including phenoxy) is 1. The first-order valence-electron chi connectivity index (χ1n) is 10.7. The second kappa shape index (κ2) is 8.25. The van der Waals surface area contributed by atoms with Crippen LogP contribution in [0.2, 0.25) is 0 Å². The number of hydrogen-bond acceptors (Lipinski definition) is 7. The van der Waals surface area contributed by atoms with E-state index in [1.807, 2.05) is 53.5 Å². The summed E-state index contributed by atoms with van der Waals surface area (Å²) in [4.78, 5) is 7.23. The molecule has 1 saturated heterocycles. The molecule has 0 aliphatic carbocycles. The Kier molecular flexibility index (Phi) is 5.15. The van der Waals surface area contributed by atoms with Crippen molar-refractivity contribution < 1.29 is 4.74 Å². The lowest BCUT2D eigenvalue weighted by Gasteiger charge is -2.28. The van der Waals surface area contributed by atoms with Crippen molar-refractivity contribution in [2.75, 3.05) is 29.9 Å². The van der Waals surface area contributed by atoms with Crippen LogP contribution >= 0.6 is 0 Å². The van der Waals surface area contributed by atoms with Gasteiger partial charge in [0.1, 0.15) is 17.6 Å². The van der Waals surface area contributed by atoms with E-state index < -0.39 is 0 Å². The van der Waals surface area contributed by atoms with Gasteiger partial charge in [-0.15, -0.1) is 15.3 Å². The van der Waals surface area contributed by atoms with Crippen molar-refractivity contribution in [2.45, 2.75) is 26.2 Å². The average molecular weight is 419 g/mol. The Morgan fingerprint density at radius 1 is 1.13 bits per heavy atom. The van der Waals surface area contributed by atoms with E-state index in [-0.39, 0.29) is 0 Å². The third-order valence-corrected chi connectivity index (χ3v) is 5.52. The SMILES string of the molecule is CCOc1cc(-c2nncn2C)ccc1Nc1nc(N2CCCCC2)c2cccn2n1. The number of aryl methyl sites for hydroxylation is 1. The fourth-order valence-electron chi connectivity index (χ4n) is 4.01. The van der Waals surface area contributed by atoms with Crippen LogP contribution in [0.15, 0.2) is 42.9 Å². The Bertz CT molecular complexity index is 1190. The van der Waals surface area contributed by atoms with Crippen LogP contribution in [0, 0.1) is 0 Å². The average Bonchev–Trinajstić information content (AvgIpc) is 3.44. The number of aromatic nitrogens is 6. The zero-order valence-electron chi connectivity index (χ0n) is 17.8. The number of rotatable bonds is 6. The van der Waals surface area contributed by atoms with E-state index in [0.717, 1.165) is 47.2 Å². The molecule has 1 fully saturated rings. The van der Waals surface area contributed by atoms with Crippen molar-refractivity contribution in [3.05, 3.63) is 42.9 Å². The van der Waals surface area contributed by atoms with Crippen molar-refractivity contribution in [1.82, 2.24) is 29.4 Å². The van der Waals surface area contributed by atoms with Gasteiger partial charge >= 0.3 is 0 Å². The standard InChI is InChI=1S/C22H26N8O/c1-3-31-19-14-16(20-26-23-15-28(20)2)9-10-17(19)24-22-25-21(29-11-5-4-6-12-29)18-8-7-13-30(18)27-22/h7-10,13-15H,3-6,11-12H2,1-2H3,(H,24,27). The molecule has 160 valence electrons. The first kappa shape index (κ1) is 19.3. The molecule has 0 saturated carbocycles. The van der Waals surface area contributed by atoms with E-state index in [4.69, 9.17) is 9.72 Å². The molecule has 0 bridgehead atoms. The summed E-state index contributed by atoms with van der Waals surface area (Å²) in [6.45, 7) is 4.56. The van der Waals surface area contributed by atoms with Gasteiger partial charge in [-0.2, -0.15) is 4.98 Å². The summed E-state index contributed by atoms with van der Waals surface area (Å²) < 4.78 is 9.68. The van der Waals surface area contributed by atoms with E-state index in [2.05, 4.69) is 31.6 Å². The van der Waals surface area contributed by atoms with Crippen LogP contribution in [0.1, 0.15) is 26.2 Å². The second-order valence-electron chi connectivity index (χ2n) is 7.68. The molecular formula is C22H26N8O. The number of hydrogen-bond donors (Lipinski definition) is 1. The molecule has 0 unspecified atom stereocenters. The molecule has 31 heavy (non-hydrogen) atoms. The fourth-order valence-corrected chi connectivity index (χ4v) is 4.01. The van der Waals surface area contributed by atoms with Gasteiger partial charge in [0.25, 0.3) is 0 Å². The lowest BCUT2D eigenvalue weighted by Crippen LogP contribution is -2.31. The van der Waals surface area contributed by atoms with Crippen LogP contribution in [0.5, 0.6) is 5.75 Å². The number of nitrogens with one attached hydrogen (secondary N) is 1. The van der Waals surface area contributed by atoms with Crippen LogP contribution in [0.4, 0.5) is 17.5 Å². The van der Waals surface area contributed by atoms with Crippen LogP contribution < -0.4 is 15.0 Å². The van der Waals surface area contributed by atoms with E-state index >= 15 is 0 Å². The number of fused-ring (bicyclic) bond motifs is 1. The predicted octanol–water partition coefficient (Wildman–Crippen LogP) is 3.66. The second-order valence-corrected chi connectivity index (χ2v) is 7.68. The van der Waals surface area contributed by atoms with Crippen molar-refractivity contribution in [3.63, 3.8) is 0 Å². The first-order valence-corrected chi connectivity index (χ1v) is 10.7. The zero-order chi connectivity index (χ0) is 21.2. The van der Waals surface area contributed by atoms with E-state index in [9.17, 15) is 0 Å². The third-order valence-electron chi connectivity index (χ3n) is 5.52. The summed E-state index contributed by atoms with van der Waals surface area (Å²) in [5, 5.41) is 16.2. The van der Waals surface area contributed by atoms with Gasteiger partial charge in [0.05, 0.1) is 12.3 Å². The van der Waals surface area contributed by atoms with E-state index in [0.29, 0.717) is 12.6 Å². The Morgan fingerprint density at radius 3 is 2.77 bits per heavy atom. The highest BCUT2D eigenvalue weighted by Gasteiger charge is 2.18. The lowest BCUT2D eigenvalue weighted by molar-refractivity contribution is 0.342. The molecule has 0 atom stereocenters. The van der Waals surface area contributed by atoms with Crippen molar-refractivity contribution in [2.24, 2.45) is 7.05 Å². The van der Waals surface area contributed by atoms with E-state index in [1.165, 1.54) is 19.3 Å². The Morgan fingerprint density at radius 2 is 2.00 bits per heavy atom. The highest BCUT2D eigenvalue weighted by molar-refractivity contribution is 5.73. The molecule has 4 aromatic rings. The monoisotopic (exact) mass is 418 g/mol. The normalized spacial score (nSPS) is 14.2. The minimum Gasteiger partial charge on any atom is -0.492 e. The molecule has 1 N–H and O–H groups in total. The Balaban J connectivity index is 1.51. The van der Waals surface area contributed by atoms with Crippen molar-refractivity contribution in [3.8, 4) is 17.1 Å². The summed E-state index contributed by atoms with van der Waals surface area (Å²) in [5.74, 6) is 3.01. The first-order chi connectivity index (χ1) is 15.2. The molecule has 9 heteroatoms. The largest absolute Gasteiger partial charge is 0.492 e. The number of nitrogens with zero attached hydrogens (tertiary/aromatic N) is 7. The minimum atomic E-state index is 0.539. The maximum absolute atomic E-state index is 5.91. The highest BCUT2D eigenvalue weighted by Crippen LogP contribution is 2.32. The number of anilines is 3. The predicted molar refractivity (Wildman–Crippen MR) is 120 cm³/mol. The summed E-state index contributed by atoms with van der Waals surface area (Å²) in [7, 11) is 1.92. The quantitative estimate of drug-likeness (QED) is 0.511. The summed E-state index contributed by atoms with van der Waals surface area (Å²) in [5.41, 5.74) is 2.77. The number of benzene rings is 1. The van der Waals surface area contributed by atoms with Gasteiger partial charge in [-0.3, -0.25) is 0 Å². The smallest absolute Gasteiger partial charge is 0.247 e. The maximum Gasteiger partial charge on any atom is 0.247 e. The van der Waals surface area contributed by atoms with E-state index in [1.54, 1.807) is 6.33 Å². The van der Waals surface area contributed by atoms with Crippen LogP contribution in [-0.2, 0) is 7.05 Å². The molecule has 1 aliphatic rings. The molecule has 0 amide bonds. The fraction of sp³-hybridized carbons (Fsp3) is 0.364. The van der Waals surface area contributed by atoms with Gasteiger partial charge in [0, 0.05) is 31.9 Å². The van der Waals surface area contributed by atoms with Gasteiger partial charge in [0.2, 0.25) is 5.95 Å².